The quantitative estimate of drug-likeness (QED) is 0.711. The van der Waals surface area contributed by atoms with Gasteiger partial charge in [-0.15, -0.1) is 0 Å². The maximum Gasteiger partial charge on any atom is 0.163 e. The first-order valence-corrected chi connectivity index (χ1v) is 10.4. The maximum atomic E-state index is 14.0. The largest absolute Gasteiger partial charge is 0.488 e. The highest BCUT2D eigenvalue weighted by atomic mass is 19.2. The molecule has 30 heavy (non-hydrogen) atoms. The van der Waals surface area contributed by atoms with Gasteiger partial charge in [0.15, 0.2) is 11.6 Å². The Balaban J connectivity index is 1.25. The summed E-state index contributed by atoms with van der Waals surface area (Å²) in [6, 6.07) is 10.1. The van der Waals surface area contributed by atoms with Gasteiger partial charge in [0.05, 0.1) is 23.5 Å². The second-order valence-corrected chi connectivity index (χ2v) is 8.63. The number of nitrogens with zero attached hydrogens (tertiary/aromatic N) is 3. The molecule has 5 rings (SSSR count). The van der Waals surface area contributed by atoms with Crippen LogP contribution in [0.25, 0.3) is 11.0 Å². The molecule has 1 aromatic heterocycles. The van der Waals surface area contributed by atoms with E-state index in [4.69, 9.17) is 4.74 Å². The second-order valence-electron chi connectivity index (χ2n) is 8.63. The van der Waals surface area contributed by atoms with E-state index in [-0.39, 0.29) is 6.10 Å². The summed E-state index contributed by atoms with van der Waals surface area (Å²) in [5.74, 6) is -0.153. The molecule has 158 valence electrons. The fourth-order valence-corrected chi connectivity index (χ4v) is 5.02. The third-order valence-electron chi connectivity index (χ3n) is 6.57. The van der Waals surface area contributed by atoms with Crippen molar-refractivity contribution in [2.45, 2.75) is 31.6 Å². The average molecular weight is 413 g/mol. The number of hydrogen-bond donors (Lipinski definition) is 1. The molecule has 4 atom stereocenters. The average Bonchev–Trinajstić information content (AvgIpc) is 3.28. The monoisotopic (exact) mass is 413 g/mol. The van der Waals surface area contributed by atoms with Gasteiger partial charge in [0, 0.05) is 38.3 Å². The molecule has 2 heterocycles. The molecule has 2 aliphatic rings. The number of aromatic nitrogens is 2. The molecular weight excluding hydrogens is 388 g/mol. The molecule has 1 aliphatic heterocycles. The second kappa shape index (κ2) is 7.63. The zero-order valence-corrected chi connectivity index (χ0v) is 16.8. The lowest BCUT2D eigenvalue weighted by molar-refractivity contribution is -0.0231. The highest BCUT2D eigenvalue weighted by Gasteiger charge is 2.42. The number of imidazole rings is 1. The third-order valence-corrected chi connectivity index (χ3v) is 6.57. The van der Waals surface area contributed by atoms with Crippen LogP contribution in [0.15, 0.2) is 42.7 Å². The van der Waals surface area contributed by atoms with Crippen molar-refractivity contribution < 1.29 is 18.6 Å². The van der Waals surface area contributed by atoms with Crippen LogP contribution in [-0.4, -0.2) is 44.9 Å². The highest BCUT2D eigenvalue weighted by molar-refractivity contribution is 5.76. The van der Waals surface area contributed by atoms with Crippen LogP contribution in [0.2, 0.25) is 0 Å². The smallest absolute Gasteiger partial charge is 0.163 e. The van der Waals surface area contributed by atoms with Gasteiger partial charge in [0.1, 0.15) is 11.9 Å². The number of hydrogen-bond acceptors (Lipinski definition) is 4. The summed E-state index contributed by atoms with van der Waals surface area (Å²) in [6.45, 7) is 1.96. The van der Waals surface area contributed by atoms with Gasteiger partial charge in [0.2, 0.25) is 0 Å². The molecule has 0 spiro atoms. The van der Waals surface area contributed by atoms with Crippen LogP contribution in [0.5, 0.6) is 5.75 Å². The molecule has 0 bridgehead atoms. The number of aliphatic hydroxyl groups excluding tert-OH is 1. The predicted octanol–water partition coefficient (Wildman–Crippen LogP) is 3.50. The number of ether oxygens (including phenoxy) is 1. The Morgan fingerprint density at radius 1 is 1.13 bits per heavy atom. The van der Waals surface area contributed by atoms with Crippen molar-refractivity contribution >= 4 is 11.0 Å². The molecule has 2 fully saturated rings. The molecule has 2 aromatic carbocycles. The minimum Gasteiger partial charge on any atom is -0.488 e. The summed E-state index contributed by atoms with van der Waals surface area (Å²) in [6.07, 6.45) is 2.34. The number of fused-ring (bicyclic) bond motifs is 2. The molecule has 1 saturated heterocycles. The van der Waals surface area contributed by atoms with Crippen molar-refractivity contribution in [2.24, 2.45) is 18.9 Å². The SMILES string of the molecule is Cn1cnc2cc(O[C@@H]3C[C@@H]4CN(Cc5cccc(F)c5F)C[C@@H]4C[C@H]3O)ccc21. The normalized spacial score (nSPS) is 26.8. The minimum atomic E-state index is -0.808. The van der Waals surface area contributed by atoms with Gasteiger partial charge in [-0.1, -0.05) is 12.1 Å². The molecule has 3 aromatic rings. The van der Waals surface area contributed by atoms with Crippen LogP contribution in [0.1, 0.15) is 18.4 Å². The van der Waals surface area contributed by atoms with Crippen molar-refractivity contribution in [2.75, 3.05) is 13.1 Å². The minimum absolute atomic E-state index is 0.279. The first-order chi connectivity index (χ1) is 14.5. The topological polar surface area (TPSA) is 50.5 Å². The van der Waals surface area contributed by atoms with Crippen LogP contribution < -0.4 is 4.74 Å². The van der Waals surface area contributed by atoms with E-state index in [0.717, 1.165) is 36.6 Å². The van der Waals surface area contributed by atoms with Crippen LogP contribution >= 0.6 is 0 Å². The first-order valence-electron chi connectivity index (χ1n) is 10.4. The standard InChI is InChI=1S/C23H25F2N3O2/c1-27-13-26-19-9-17(5-6-20(19)27)30-22-8-16-12-28(11-15(16)7-21(22)29)10-14-3-2-4-18(24)23(14)25/h2-6,9,13,15-16,21-22,29H,7-8,10-12H2,1H3/t15-,16+,21+,22+/m0/s1. The fourth-order valence-electron chi connectivity index (χ4n) is 5.02. The molecule has 7 heteroatoms. The summed E-state index contributed by atoms with van der Waals surface area (Å²) < 4.78 is 35.7. The van der Waals surface area contributed by atoms with Crippen molar-refractivity contribution in [3.8, 4) is 5.75 Å². The van der Waals surface area contributed by atoms with E-state index < -0.39 is 17.7 Å². The van der Waals surface area contributed by atoms with Gasteiger partial charge < -0.3 is 14.4 Å². The molecule has 0 unspecified atom stereocenters. The summed E-state index contributed by atoms with van der Waals surface area (Å²) in [5, 5.41) is 10.7. The third kappa shape index (κ3) is 3.56. The Bertz CT molecular complexity index is 1070. The van der Waals surface area contributed by atoms with E-state index >= 15 is 0 Å². The molecule has 0 radical (unpaired) electrons. The number of likely N-dealkylation sites (tertiary alicyclic amines) is 1. The number of aryl methyl sites for hydroxylation is 1. The van der Waals surface area contributed by atoms with Gasteiger partial charge in [-0.05, 0) is 42.9 Å². The Labute approximate surface area is 173 Å². The molecule has 0 amide bonds. The Morgan fingerprint density at radius 2 is 1.93 bits per heavy atom. The van der Waals surface area contributed by atoms with Gasteiger partial charge in [-0.2, -0.15) is 0 Å². The zero-order chi connectivity index (χ0) is 20.8. The van der Waals surface area contributed by atoms with Gasteiger partial charge in [-0.3, -0.25) is 4.90 Å². The molecule has 1 aliphatic carbocycles. The van der Waals surface area contributed by atoms with Crippen LogP contribution in [-0.2, 0) is 13.6 Å². The molecular formula is C23H25F2N3O2. The summed E-state index contributed by atoms with van der Waals surface area (Å²) >= 11 is 0. The van der Waals surface area contributed by atoms with Crippen LogP contribution in [0, 0.1) is 23.5 Å². The first kappa shape index (κ1) is 19.5. The Morgan fingerprint density at radius 3 is 2.77 bits per heavy atom. The summed E-state index contributed by atoms with van der Waals surface area (Å²) in [4.78, 5) is 6.52. The fraction of sp³-hybridized carbons (Fsp3) is 0.435. The Kier molecular flexibility index (Phi) is 4.95. The lowest BCUT2D eigenvalue weighted by atomic mass is 9.78. The predicted molar refractivity (Wildman–Crippen MR) is 109 cm³/mol. The molecule has 1 N–H and O–H groups in total. The van der Waals surface area contributed by atoms with Crippen molar-refractivity contribution in [1.82, 2.24) is 14.5 Å². The van der Waals surface area contributed by atoms with E-state index in [2.05, 4.69) is 9.88 Å². The van der Waals surface area contributed by atoms with E-state index in [1.54, 1.807) is 18.5 Å². The summed E-state index contributed by atoms with van der Waals surface area (Å²) in [5.41, 5.74) is 2.27. The van der Waals surface area contributed by atoms with Crippen LogP contribution in [0.3, 0.4) is 0 Å². The summed E-state index contributed by atoms with van der Waals surface area (Å²) in [7, 11) is 1.95. The Hall–Kier alpha value is -2.51. The molecule has 1 saturated carbocycles. The van der Waals surface area contributed by atoms with E-state index in [1.165, 1.54) is 0 Å². The van der Waals surface area contributed by atoms with E-state index in [1.807, 2.05) is 29.8 Å². The van der Waals surface area contributed by atoms with E-state index in [0.29, 0.717) is 36.1 Å². The van der Waals surface area contributed by atoms with Crippen LogP contribution in [0.4, 0.5) is 8.78 Å². The number of aliphatic hydroxyl groups is 1. The molecule has 5 nitrogen and oxygen atoms in total. The zero-order valence-electron chi connectivity index (χ0n) is 16.8. The maximum absolute atomic E-state index is 14.0. The lowest BCUT2D eigenvalue weighted by Crippen LogP contribution is -2.42. The highest BCUT2D eigenvalue weighted by Crippen LogP contribution is 2.39. The lowest BCUT2D eigenvalue weighted by Gasteiger charge is -2.35. The van der Waals surface area contributed by atoms with E-state index in [9.17, 15) is 13.9 Å². The number of rotatable bonds is 4. The van der Waals surface area contributed by atoms with Crippen molar-refractivity contribution in [1.29, 1.82) is 0 Å². The number of halogens is 2. The number of benzene rings is 2. The van der Waals surface area contributed by atoms with Gasteiger partial charge >= 0.3 is 0 Å². The van der Waals surface area contributed by atoms with Crippen molar-refractivity contribution in [3.05, 3.63) is 59.9 Å². The van der Waals surface area contributed by atoms with Gasteiger partial charge in [-0.25, -0.2) is 13.8 Å². The van der Waals surface area contributed by atoms with Crippen molar-refractivity contribution in [3.63, 3.8) is 0 Å². The van der Waals surface area contributed by atoms with Gasteiger partial charge in [0.25, 0.3) is 0 Å².